The predicted molar refractivity (Wildman–Crippen MR) is 129 cm³/mol. The number of hydrogen-bond acceptors (Lipinski definition) is 8. The Bertz CT molecular complexity index is 1340. The van der Waals surface area contributed by atoms with E-state index in [-0.39, 0.29) is 10.6 Å². The van der Waals surface area contributed by atoms with E-state index in [1.807, 2.05) is 0 Å². The van der Waals surface area contributed by atoms with Crippen molar-refractivity contribution in [1.29, 1.82) is 0 Å². The number of nitro groups is 1. The highest BCUT2D eigenvalue weighted by Crippen LogP contribution is 2.32. The van der Waals surface area contributed by atoms with E-state index >= 15 is 0 Å². The minimum atomic E-state index is -4.32. The number of sulfonamides is 1. The quantitative estimate of drug-likeness (QED) is 0.257. The van der Waals surface area contributed by atoms with Gasteiger partial charge >= 0.3 is 0 Å². The first-order valence-electron chi connectivity index (χ1n) is 10.1. The first-order valence-corrected chi connectivity index (χ1v) is 11.6. The number of hydrogen-bond donors (Lipinski definition) is 1. The average Bonchev–Trinajstić information content (AvgIpc) is 2.87. The molecule has 0 spiro atoms. The van der Waals surface area contributed by atoms with Crippen LogP contribution < -0.4 is 19.2 Å². The van der Waals surface area contributed by atoms with Crippen LogP contribution in [-0.2, 0) is 14.8 Å². The summed E-state index contributed by atoms with van der Waals surface area (Å²) in [5, 5.41) is 15.4. The molecule has 3 aromatic rings. The molecular formula is C23H22N4O7S. The van der Waals surface area contributed by atoms with Crippen LogP contribution in [0.3, 0.4) is 0 Å². The molecule has 1 N–H and O–H groups in total. The van der Waals surface area contributed by atoms with Crippen LogP contribution in [-0.4, -0.2) is 46.2 Å². The van der Waals surface area contributed by atoms with Crippen molar-refractivity contribution in [1.82, 2.24) is 5.43 Å². The molecule has 0 saturated carbocycles. The monoisotopic (exact) mass is 498 g/mol. The number of carbonyl (C=O) groups is 1. The predicted octanol–water partition coefficient (Wildman–Crippen LogP) is 2.96. The zero-order chi connectivity index (χ0) is 25.4. The molecule has 3 aromatic carbocycles. The Balaban J connectivity index is 1.91. The van der Waals surface area contributed by atoms with Crippen molar-refractivity contribution >= 4 is 33.5 Å². The van der Waals surface area contributed by atoms with Crippen LogP contribution in [0.4, 0.5) is 11.4 Å². The minimum Gasteiger partial charge on any atom is -0.497 e. The number of methoxy groups -OCH3 is 2. The fourth-order valence-electron chi connectivity index (χ4n) is 3.13. The summed E-state index contributed by atoms with van der Waals surface area (Å²) < 4.78 is 37.8. The first kappa shape index (κ1) is 25.2. The lowest BCUT2D eigenvalue weighted by molar-refractivity contribution is -0.384. The molecule has 3 rings (SSSR count). The van der Waals surface area contributed by atoms with Crippen molar-refractivity contribution in [2.24, 2.45) is 5.10 Å². The van der Waals surface area contributed by atoms with E-state index in [0.717, 1.165) is 6.07 Å². The molecule has 0 aliphatic rings. The lowest BCUT2D eigenvalue weighted by atomic mass is 10.2. The van der Waals surface area contributed by atoms with Crippen molar-refractivity contribution < 1.29 is 27.6 Å². The molecular weight excluding hydrogens is 476 g/mol. The molecule has 0 aliphatic carbocycles. The van der Waals surface area contributed by atoms with E-state index in [2.05, 4.69) is 10.5 Å². The maximum atomic E-state index is 13.3. The van der Waals surface area contributed by atoms with Gasteiger partial charge < -0.3 is 9.47 Å². The van der Waals surface area contributed by atoms with Crippen molar-refractivity contribution in [2.45, 2.75) is 4.90 Å². The van der Waals surface area contributed by atoms with Gasteiger partial charge in [0.05, 0.1) is 30.3 Å². The van der Waals surface area contributed by atoms with Gasteiger partial charge in [-0.25, -0.2) is 18.1 Å². The third-order valence-corrected chi connectivity index (χ3v) is 6.57. The van der Waals surface area contributed by atoms with E-state index in [9.17, 15) is 23.3 Å². The molecule has 0 heterocycles. The molecule has 11 nitrogen and oxygen atoms in total. The fourth-order valence-corrected chi connectivity index (χ4v) is 4.58. The Morgan fingerprint density at radius 3 is 2.40 bits per heavy atom. The number of benzene rings is 3. The Kier molecular flexibility index (Phi) is 8.00. The highest BCUT2D eigenvalue weighted by molar-refractivity contribution is 7.92. The molecule has 0 aliphatic heterocycles. The van der Waals surface area contributed by atoms with Gasteiger partial charge in [-0.05, 0) is 36.4 Å². The number of nitrogens with zero attached hydrogens (tertiary/aromatic N) is 3. The van der Waals surface area contributed by atoms with Gasteiger partial charge in [0.15, 0.2) is 0 Å². The molecule has 1 amide bonds. The van der Waals surface area contributed by atoms with E-state index in [4.69, 9.17) is 9.47 Å². The van der Waals surface area contributed by atoms with Crippen LogP contribution >= 0.6 is 0 Å². The standard InChI is InChI=1S/C23H22N4O7S/c1-33-18-12-13-22(34-2)17(14-18)15-24-25-23(28)16-26(20-10-6-7-11-21(20)27(29)30)35(31,32)19-8-4-3-5-9-19/h3-15H,16H2,1-2H3,(H,25,28)/b24-15-. The number of para-hydroxylation sites is 2. The molecule has 0 radical (unpaired) electrons. The number of amides is 1. The van der Waals surface area contributed by atoms with Crippen LogP contribution in [0.5, 0.6) is 11.5 Å². The van der Waals surface area contributed by atoms with Gasteiger partial charge in [0.2, 0.25) is 0 Å². The molecule has 0 unspecified atom stereocenters. The third-order valence-electron chi connectivity index (χ3n) is 4.80. The Hall–Kier alpha value is -4.45. The van der Waals surface area contributed by atoms with Gasteiger partial charge in [0, 0.05) is 11.6 Å². The lowest BCUT2D eigenvalue weighted by Crippen LogP contribution is -2.39. The summed E-state index contributed by atoms with van der Waals surface area (Å²) >= 11 is 0. The molecule has 0 saturated heterocycles. The fraction of sp³-hybridized carbons (Fsp3) is 0.130. The van der Waals surface area contributed by atoms with E-state index in [0.29, 0.717) is 21.4 Å². The molecule has 0 atom stereocenters. The third kappa shape index (κ3) is 5.92. The molecule has 0 fully saturated rings. The first-order chi connectivity index (χ1) is 16.8. The van der Waals surface area contributed by atoms with Crippen molar-refractivity contribution in [3.63, 3.8) is 0 Å². The summed E-state index contributed by atoms with van der Waals surface area (Å²) in [6.07, 6.45) is 1.31. The number of ether oxygens (including phenoxy) is 2. The minimum absolute atomic E-state index is 0.129. The van der Waals surface area contributed by atoms with Gasteiger partial charge in [-0.1, -0.05) is 30.3 Å². The summed E-state index contributed by atoms with van der Waals surface area (Å²) in [5.74, 6) is 0.188. The zero-order valence-electron chi connectivity index (χ0n) is 18.8. The smallest absolute Gasteiger partial charge is 0.293 e. The van der Waals surface area contributed by atoms with Gasteiger partial charge in [0.25, 0.3) is 21.6 Å². The number of hydrazone groups is 1. The second-order valence-electron chi connectivity index (χ2n) is 6.97. The number of nitro benzene ring substituents is 1. The van der Waals surface area contributed by atoms with E-state index < -0.39 is 33.1 Å². The number of carbonyl (C=O) groups excluding carboxylic acids is 1. The van der Waals surface area contributed by atoms with Gasteiger partial charge in [-0.2, -0.15) is 5.10 Å². The van der Waals surface area contributed by atoms with Crippen LogP contribution in [0.15, 0.2) is 82.8 Å². The van der Waals surface area contributed by atoms with Crippen LogP contribution in [0.2, 0.25) is 0 Å². The van der Waals surface area contributed by atoms with Gasteiger partial charge in [-0.3, -0.25) is 14.9 Å². The summed E-state index contributed by atoms with van der Waals surface area (Å²) in [6, 6.07) is 17.6. The summed E-state index contributed by atoms with van der Waals surface area (Å²) in [5.41, 5.74) is 2.03. The molecule has 0 bridgehead atoms. The topological polar surface area (TPSA) is 140 Å². The normalized spacial score (nSPS) is 11.1. The largest absolute Gasteiger partial charge is 0.497 e. The van der Waals surface area contributed by atoms with Crippen molar-refractivity contribution in [3.05, 3.63) is 88.5 Å². The Labute approximate surface area is 201 Å². The highest BCUT2D eigenvalue weighted by Gasteiger charge is 2.31. The van der Waals surface area contributed by atoms with Gasteiger partial charge in [0.1, 0.15) is 23.7 Å². The molecule has 0 aromatic heterocycles. The van der Waals surface area contributed by atoms with E-state index in [1.165, 1.54) is 62.9 Å². The molecule has 12 heteroatoms. The molecule has 35 heavy (non-hydrogen) atoms. The van der Waals surface area contributed by atoms with Crippen LogP contribution in [0.25, 0.3) is 0 Å². The molecule has 182 valence electrons. The van der Waals surface area contributed by atoms with Gasteiger partial charge in [-0.15, -0.1) is 0 Å². The van der Waals surface area contributed by atoms with Crippen molar-refractivity contribution in [2.75, 3.05) is 25.1 Å². The maximum Gasteiger partial charge on any atom is 0.293 e. The zero-order valence-corrected chi connectivity index (χ0v) is 19.6. The SMILES string of the molecule is COc1ccc(OC)c(/C=N\NC(=O)CN(c2ccccc2[N+](=O)[O-])S(=O)(=O)c2ccccc2)c1. The second kappa shape index (κ2) is 11.1. The number of rotatable bonds is 10. The van der Waals surface area contributed by atoms with Crippen LogP contribution in [0.1, 0.15) is 5.56 Å². The number of nitrogens with one attached hydrogen (secondary N) is 1. The summed E-state index contributed by atoms with van der Waals surface area (Å²) in [7, 11) is -1.36. The van der Waals surface area contributed by atoms with E-state index in [1.54, 1.807) is 24.3 Å². The number of anilines is 1. The highest BCUT2D eigenvalue weighted by atomic mass is 32.2. The average molecular weight is 499 g/mol. The maximum absolute atomic E-state index is 13.3. The van der Waals surface area contributed by atoms with Crippen LogP contribution in [0, 0.1) is 10.1 Å². The Morgan fingerprint density at radius 2 is 1.74 bits per heavy atom. The Morgan fingerprint density at radius 1 is 1.06 bits per heavy atom. The summed E-state index contributed by atoms with van der Waals surface area (Å²) in [4.78, 5) is 23.4. The van der Waals surface area contributed by atoms with Crippen molar-refractivity contribution in [3.8, 4) is 11.5 Å². The summed E-state index contributed by atoms with van der Waals surface area (Å²) in [6.45, 7) is -0.755. The lowest BCUT2D eigenvalue weighted by Gasteiger charge is -2.23. The second-order valence-corrected chi connectivity index (χ2v) is 8.83.